The average molecular weight is 136 g/mol. The fourth-order valence-corrected chi connectivity index (χ4v) is 1.44. The molecule has 0 N–H and O–H groups in total. The van der Waals surface area contributed by atoms with Gasteiger partial charge >= 0.3 is 0 Å². The van der Waals surface area contributed by atoms with Crippen LogP contribution >= 0.6 is 0 Å². The largest absolute Gasteiger partial charge is 0.0950 e. The van der Waals surface area contributed by atoms with Gasteiger partial charge < -0.3 is 0 Å². The van der Waals surface area contributed by atoms with E-state index < -0.39 is 0 Å². The molecule has 0 heteroatoms. The van der Waals surface area contributed by atoms with Crippen molar-refractivity contribution in [1.82, 2.24) is 0 Å². The van der Waals surface area contributed by atoms with E-state index >= 15 is 0 Å². The summed E-state index contributed by atoms with van der Waals surface area (Å²) in [4.78, 5) is 0. The predicted molar refractivity (Wildman–Crippen MR) is 45.9 cm³/mol. The molecule has 0 aromatic carbocycles. The van der Waals surface area contributed by atoms with E-state index in [4.69, 9.17) is 0 Å². The quantitative estimate of drug-likeness (QED) is 0.479. The van der Waals surface area contributed by atoms with Gasteiger partial charge in [-0.15, -0.1) is 0 Å². The molecule has 1 aliphatic carbocycles. The second kappa shape index (κ2) is 1.98. The minimum Gasteiger partial charge on any atom is -0.0950 e. The molecular weight excluding hydrogens is 120 g/mol. The Morgan fingerprint density at radius 2 is 1.90 bits per heavy atom. The van der Waals surface area contributed by atoms with Crippen LogP contribution in [0, 0.1) is 5.41 Å². The van der Waals surface area contributed by atoms with E-state index in [9.17, 15) is 0 Å². The molecule has 10 heavy (non-hydrogen) atoms. The highest BCUT2D eigenvalue weighted by Crippen LogP contribution is 2.49. The number of hydrogen-bond acceptors (Lipinski definition) is 0. The summed E-state index contributed by atoms with van der Waals surface area (Å²) in [6, 6.07) is 0. The van der Waals surface area contributed by atoms with Crippen molar-refractivity contribution in [1.29, 1.82) is 0 Å². The first-order valence-electron chi connectivity index (χ1n) is 3.81. The van der Waals surface area contributed by atoms with Gasteiger partial charge in [0.1, 0.15) is 0 Å². The molecule has 0 aromatic rings. The normalized spacial score (nSPS) is 22.4. The molecule has 0 aliphatic heterocycles. The Hall–Kier alpha value is -0.520. The number of rotatable bonds is 0. The maximum Gasteiger partial charge on any atom is -0.00663 e. The van der Waals surface area contributed by atoms with E-state index in [1.807, 2.05) is 0 Å². The first kappa shape index (κ1) is 7.59. The van der Waals surface area contributed by atoms with E-state index in [2.05, 4.69) is 34.3 Å². The number of hydrogen-bond donors (Lipinski definition) is 0. The third-order valence-electron chi connectivity index (χ3n) is 2.40. The molecule has 0 radical (unpaired) electrons. The molecule has 0 saturated heterocycles. The van der Waals surface area contributed by atoms with Gasteiger partial charge in [-0.25, -0.2) is 0 Å². The first-order valence-corrected chi connectivity index (χ1v) is 3.81. The standard InChI is InChI=1S/C10H16/c1-7(2)9-6-10(4,5)8(9)3/h3,6H2,1-2,4-5H3. The third-order valence-corrected chi connectivity index (χ3v) is 2.40. The highest BCUT2D eigenvalue weighted by Gasteiger charge is 2.35. The highest BCUT2D eigenvalue weighted by molar-refractivity contribution is 5.46. The van der Waals surface area contributed by atoms with Crippen LogP contribution in [0.15, 0.2) is 23.3 Å². The molecule has 0 nitrogen and oxygen atoms in total. The van der Waals surface area contributed by atoms with Gasteiger partial charge in [-0.05, 0) is 36.8 Å². The molecule has 0 spiro atoms. The van der Waals surface area contributed by atoms with Crippen LogP contribution in [-0.2, 0) is 0 Å². The lowest BCUT2D eigenvalue weighted by Gasteiger charge is -2.41. The Labute approximate surface area is 63.6 Å². The van der Waals surface area contributed by atoms with Crippen LogP contribution in [0.1, 0.15) is 34.1 Å². The summed E-state index contributed by atoms with van der Waals surface area (Å²) in [7, 11) is 0. The summed E-state index contributed by atoms with van der Waals surface area (Å²) >= 11 is 0. The summed E-state index contributed by atoms with van der Waals surface area (Å²) in [6.07, 6.45) is 1.22. The minimum absolute atomic E-state index is 0.382. The predicted octanol–water partition coefficient (Wildman–Crippen LogP) is 3.31. The average Bonchev–Trinajstić information content (AvgIpc) is 1.82. The van der Waals surface area contributed by atoms with Crippen molar-refractivity contribution in [3.05, 3.63) is 23.3 Å². The van der Waals surface area contributed by atoms with Crippen LogP contribution in [0.5, 0.6) is 0 Å². The number of allylic oxidation sites excluding steroid dienone is 3. The Bertz CT molecular complexity index is 200. The molecule has 1 rings (SSSR count). The second-order valence-corrected chi connectivity index (χ2v) is 4.02. The summed E-state index contributed by atoms with van der Waals surface area (Å²) in [5.74, 6) is 0. The first-order chi connectivity index (χ1) is 4.45. The summed E-state index contributed by atoms with van der Waals surface area (Å²) < 4.78 is 0. The molecule has 1 fully saturated rings. The second-order valence-electron chi connectivity index (χ2n) is 4.02. The molecule has 0 amide bonds. The van der Waals surface area contributed by atoms with Gasteiger partial charge in [-0.1, -0.05) is 26.0 Å². The summed E-state index contributed by atoms with van der Waals surface area (Å²) in [5, 5.41) is 0. The Morgan fingerprint density at radius 3 is 2.00 bits per heavy atom. The van der Waals surface area contributed by atoms with Gasteiger partial charge in [0.2, 0.25) is 0 Å². The SMILES string of the molecule is C=C1C(=C(C)C)CC1(C)C. The molecule has 0 unspecified atom stereocenters. The minimum atomic E-state index is 0.382. The van der Waals surface area contributed by atoms with Crippen molar-refractivity contribution in [3.63, 3.8) is 0 Å². The van der Waals surface area contributed by atoms with Gasteiger partial charge in [-0.2, -0.15) is 0 Å². The molecule has 0 aromatic heterocycles. The zero-order chi connectivity index (χ0) is 7.94. The lowest BCUT2D eigenvalue weighted by atomic mass is 9.63. The van der Waals surface area contributed by atoms with Gasteiger partial charge in [0.25, 0.3) is 0 Å². The van der Waals surface area contributed by atoms with Crippen LogP contribution in [0.4, 0.5) is 0 Å². The molecule has 56 valence electrons. The Balaban J connectivity index is 2.83. The van der Waals surface area contributed by atoms with Crippen molar-refractivity contribution in [2.75, 3.05) is 0 Å². The van der Waals surface area contributed by atoms with Crippen LogP contribution in [0.25, 0.3) is 0 Å². The van der Waals surface area contributed by atoms with E-state index in [0.29, 0.717) is 5.41 Å². The van der Waals surface area contributed by atoms with E-state index in [1.165, 1.54) is 23.1 Å². The van der Waals surface area contributed by atoms with E-state index in [1.54, 1.807) is 0 Å². The maximum absolute atomic E-state index is 4.06. The molecule has 1 aliphatic rings. The van der Waals surface area contributed by atoms with Gasteiger partial charge in [-0.3, -0.25) is 0 Å². The van der Waals surface area contributed by atoms with Crippen molar-refractivity contribution in [2.24, 2.45) is 5.41 Å². The van der Waals surface area contributed by atoms with Gasteiger partial charge in [0.05, 0.1) is 0 Å². The van der Waals surface area contributed by atoms with Crippen LogP contribution < -0.4 is 0 Å². The summed E-state index contributed by atoms with van der Waals surface area (Å²) in [6.45, 7) is 12.9. The smallest absolute Gasteiger partial charge is 0.00663 e. The fourth-order valence-electron chi connectivity index (χ4n) is 1.44. The highest BCUT2D eigenvalue weighted by atomic mass is 14.4. The molecule has 0 bridgehead atoms. The van der Waals surface area contributed by atoms with Crippen molar-refractivity contribution in [2.45, 2.75) is 34.1 Å². The van der Waals surface area contributed by atoms with Crippen molar-refractivity contribution in [3.8, 4) is 0 Å². The van der Waals surface area contributed by atoms with Crippen LogP contribution in [0.2, 0.25) is 0 Å². The Kier molecular flexibility index (Phi) is 1.50. The topological polar surface area (TPSA) is 0 Å². The molecule has 1 saturated carbocycles. The molecular formula is C10H16. The van der Waals surface area contributed by atoms with Gasteiger partial charge in [0, 0.05) is 0 Å². The van der Waals surface area contributed by atoms with Crippen LogP contribution in [0.3, 0.4) is 0 Å². The fraction of sp³-hybridized carbons (Fsp3) is 0.600. The van der Waals surface area contributed by atoms with Crippen LogP contribution in [-0.4, -0.2) is 0 Å². The lowest BCUT2D eigenvalue weighted by molar-refractivity contribution is 0.378. The zero-order valence-electron chi connectivity index (χ0n) is 7.41. The third kappa shape index (κ3) is 0.920. The Morgan fingerprint density at radius 1 is 1.40 bits per heavy atom. The van der Waals surface area contributed by atoms with E-state index in [0.717, 1.165) is 0 Å². The van der Waals surface area contributed by atoms with Crippen molar-refractivity contribution < 1.29 is 0 Å². The van der Waals surface area contributed by atoms with Gasteiger partial charge in [0.15, 0.2) is 0 Å². The monoisotopic (exact) mass is 136 g/mol. The van der Waals surface area contributed by atoms with Crippen molar-refractivity contribution >= 4 is 0 Å². The van der Waals surface area contributed by atoms with E-state index in [-0.39, 0.29) is 0 Å². The summed E-state index contributed by atoms with van der Waals surface area (Å²) in [5.41, 5.74) is 4.65. The maximum atomic E-state index is 4.06. The lowest BCUT2D eigenvalue weighted by Crippen LogP contribution is -2.28. The molecule has 0 atom stereocenters. The molecule has 0 heterocycles. The zero-order valence-corrected chi connectivity index (χ0v) is 7.41.